The van der Waals surface area contributed by atoms with Crippen LogP contribution in [0.25, 0.3) is 0 Å². The fourth-order valence-electron chi connectivity index (χ4n) is 5.86. The number of benzene rings is 1. The number of nitrogens with one attached hydrogen (secondary N) is 1. The molecule has 0 radical (unpaired) electrons. The average Bonchev–Trinajstić information content (AvgIpc) is 2.92. The van der Waals surface area contributed by atoms with Crippen molar-refractivity contribution in [1.82, 2.24) is 10.2 Å². The number of hydrogen-bond donors (Lipinski definition) is 1. The average molecular weight is 659 g/mol. The number of alkyl halides is 1. The van der Waals surface area contributed by atoms with Crippen molar-refractivity contribution in [2.45, 2.75) is 90.3 Å². The molecule has 1 N–H and O–H groups in total. The summed E-state index contributed by atoms with van der Waals surface area (Å²) in [5, 5.41) is 3.06. The zero-order chi connectivity index (χ0) is 33.7. The molecule has 246 valence electrons. The minimum absolute atomic E-state index is 0.106. The van der Waals surface area contributed by atoms with E-state index in [1.807, 2.05) is 46.1 Å². The van der Waals surface area contributed by atoms with E-state index in [0.29, 0.717) is 17.7 Å². The summed E-state index contributed by atoms with van der Waals surface area (Å²) < 4.78 is 26.6. The highest BCUT2D eigenvalue weighted by Crippen LogP contribution is 2.47. The van der Waals surface area contributed by atoms with Gasteiger partial charge in [-0.25, -0.2) is 9.18 Å². The van der Waals surface area contributed by atoms with Crippen molar-refractivity contribution in [3.63, 3.8) is 0 Å². The minimum Gasteiger partial charge on any atom is -0.444 e. The smallest absolute Gasteiger partial charge is 0.412 e. The summed E-state index contributed by atoms with van der Waals surface area (Å²) in [5.74, 6) is -1.18. The van der Waals surface area contributed by atoms with Gasteiger partial charge in [-0.05, 0) is 108 Å². The number of allylic oxidation sites excluding steroid dienone is 4. The van der Waals surface area contributed by atoms with Crippen LogP contribution in [-0.2, 0) is 14.3 Å². The Labute approximate surface area is 277 Å². The molecule has 3 rings (SSSR count). The maximum atomic E-state index is 14.2. The Bertz CT molecular complexity index is 1420. The van der Waals surface area contributed by atoms with Gasteiger partial charge in [0, 0.05) is 29.4 Å². The highest BCUT2D eigenvalue weighted by atomic mass is 35.5. The highest BCUT2D eigenvalue weighted by Gasteiger charge is 2.49. The first-order valence-corrected chi connectivity index (χ1v) is 16.9. The molecule has 0 saturated carbocycles. The van der Waals surface area contributed by atoms with Gasteiger partial charge < -0.3 is 14.8 Å². The SMILES string of the molecule is C=CC(=CC(C)(C)Cl)C(C1=C/C(=C/C(=CCC)SC)CNC1=O)C1(C)CC(c2ccc(F)cc2C)N(C(=O)OC(C)(C)C)CO1. The van der Waals surface area contributed by atoms with Gasteiger partial charge in [0.1, 0.15) is 18.1 Å². The van der Waals surface area contributed by atoms with Crippen LogP contribution in [-0.4, -0.2) is 52.5 Å². The van der Waals surface area contributed by atoms with E-state index >= 15 is 0 Å². The summed E-state index contributed by atoms with van der Waals surface area (Å²) in [6, 6.07) is 4.03. The molecule has 1 aromatic carbocycles. The van der Waals surface area contributed by atoms with Crippen molar-refractivity contribution in [3.8, 4) is 0 Å². The van der Waals surface area contributed by atoms with Gasteiger partial charge in [-0.2, -0.15) is 0 Å². The quantitative estimate of drug-likeness (QED) is 0.212. The van der Waals surface area contributed by atoms with Gasteiger partial charge in [-0.1, -0.05) is 37.8 Å². The maximum absolute atomic E-state index is 14.2. The van der Waals surface area contributed by atoms with Crippen LogP contribution < -0.4 is 5.32 Å². The van der Waals surface area contributed by atoms with Crippen LogP contribution in [0.4, 0.5) is 9.18 Å². The number of nitrogens with zero attached hydrogens (tertiary/aromatic N) is 1. The van der Waals surface area contributed by atoms with Crippen LogP contribution in [0.1, 0.15) is 78.5 Å². The van der Waals surface area contributed by atoms with Crippen LogP contribution >= 0.6 is 23.4 Å². The van der Waals surface area contributed by atoms with Crippen molar-refractivity contribution < 1.29 is 23.5 Å². The number of aryl methyl sites for hydroxylation is 1. The number of carbonyl (C=O) groups is 2. The normalized spacial score (nSPS) is 23.4. The second-order valence-corrected chi connectivity index (χ2v) is 15.2. The van der Waals surface area contributed by atoms with Crippen LogP contribution in [0.2, 0.25) is 0 Å². The van der Waals surface area contributed by atoms with Crippen LogP contribution in [0.15, 0.2) is 76.8 Å². The molecule has 45 heavy (non-hydrogen) atoms. The minimum atomic E-state index is -1.01. The van der Waals surface area contributed by atoms with Crippen molar-refractivity contribution in [1.29, 1.82) is 0 Å². The van der Waals surface area contributed by atoms with Gasteiger partial charge in [0.2, 0.25) is 5.91 Å². The van der Waals surface area contributed by atoms with Crippen molar-refractivity contribution >= 4 is 35.4 Å². The van der Waals surface area contributed by atoms with Gasteiger partial charge >= 0.3 is 6.09 Å². The Balaban J connectivity index is 2.25. The number of ether oxygens (including phenoxy) is 2. The monoisotopic (exact) mass is 658 g/mol. The third-order valence-corrected chi connectivity index (χ3v) is 8.62. The molecule has 0 aromatic heterocycles. The molecule has 0 aliphatic carbocycles. The van der Waals surface area contributed by atoms with Gasteiger partial charge in [0.25, 0.3) is 0 Å². The molecule has 1 fully saturated rings. The second-order valence-electron chi connectivity index (χ2n) is 13.3. The number of amides is 2. The molecule has 1 saturated heterocycles. The summed E-state index contributed by atoms with van der Waals surface area (Å²) in [5.41, 5.74) is 1.92. The van der Waals surface area contributed by atoms with Gasteiger partial charge in [0.05, 0.1) is 16.5 Å². The lowest BCUT2D eigenvalue weighted by molar-refractivity contribution is -0.162. The summed E-state index contributed by atoms with van der Waals surface area (Å²) >= 11 is 8.38. The number of hydrogen-bond acceptors (Lipinski definition) is 5. The molecule has 6 nitrogen and oxygen atoms in total. The van der Waals surface area contributed by atoms with E-state index in [0.717, 1.165) is 28.0 Å². The molecule has 3 atom stereocenters. The van der Waals surface area contributed by atoms with Gasteiger partial charge in [-0.3, -0.25) is 9.69 Å². The first-order valence-electron chi connectivity index (χ1n) is 15.3. The van der Waals surface area contributed by atoms with Crippen molar-refractivity contribution in [2.75, 3.05) is 19.5 Å². The third-order valence-electron chi connectivity index (χ3n) is 7.75. The largest absolute Gasteiger partial charge is 0.444 e. The number of rotatable bonds is 9. The third kappa shape index (κ3) is 9.60. The Morgan fingerprint density at radius 3 is 2.58 bits per heavy atom. The molecule has 9 heteroatoms. The molecule has 0 spiro atoms. The predicted molar refractivity (Wildman–Crippen MR) is 184 cm³/mol. The van der Waals surface area contributed by atoms with Gasteiger partial charge in [-0.15, -0.1) is 23.4 Å². The first-order chi connectivity index (χ1) is 20.9. The van der Waals surface area contributed by atoms with Crippen LogP contribution in [0.5, 0.6) is 0 Å². The number of carbonyl (C=O) groups excluding carboxylic acids is 2. The summed E-state index contributed by atoms with van der Waals surface area (Å²) in [6.07, 6.45) is 12.5. The van der Waals surface area contributed by atoms with E-state index in [1.54, 1.807) is 44.7 Å². The Hall–Kier alpha value is -2.81. The van der Waals surface area contributed by atoms with E-state index in [2.05, 4.69) is 31.0 Å². The fraction of sp³-hybridized carbons (Fsp3) is 0.500. The van der Waals surface area contributed by atoms with Gasteiger partial charge in [0.15, 0.2) is 0 Å². The molecule has 2 aliphatic heterocycles. The zero-order valence-corrected chi connectivity index (χ0v) is 29.6. The summed E-state index contributed by atoms with van der Waals surface area (Å²) in [7, 11) is 0. The molecule has 2 amide bonds. The number of thioether (sulfide) groups is 1. The molecular formula is C36H48ClFN2O4S. The van der Waals surface area contributed by atoms with E-state index in [-0.39, 0.29) is 24.9 Å². The summed E-state index contributed by atoms with van der Waals surface area (Å²) in [6.45, 7) is 19.4. The molecule has 2 aliphatic rings. The Kier molecular flexibility index (Phi) is 12.0. The highest BCUT2D eigenvalue weighted by molar-refractivity contribution is 8.02. The molecule has 0 bridgehead atoms. The predicted octanol–water partition coefficient (Wildman–Crippen LogP) is 8.93. The number of halogens is 2. The first kappa shape index (κ1) is 36.7. The molecule has 2 heterocycles. The molecule has 3 unspecified atom stereocenters. The van der Waals surface area contributed by atoms with E-state index < -0.39 is 34.1 Å². The zero-order valence-electron chi connectivity index (χ0n) is 28.1. The topological polar surface area (TPSA) is 67.9 Å². The Morgan fingerprint density at radius 1 is 1.33 bits per heavy atom. The molecule has 1 aromatic rings. The maximum Gasteiger partial charge on any atom is 0.412 e. The Morgan fingerprint density at radius 2 is 2.02 bits per heavy atom. The second kappa shape index (κ2) is 14.7. The van der Waals surface area contributed by atoms with E-state index in [4.69, 9.17) is 21.1 Å². The van der Waals surface area contributed by atoms with Crippen LogP contribution in [0, 0.1) is 18.7 Å². The van der Waals surface area contributed by atoms with Crippen molar-refractivity contribution in [3.05, 3.63) is 93.7 Å². The fourth-order valence-corrected chi connectivity index (χ4v) is 6.59. The lowest BCUT2D eigenvalue weighted by atomic mass is 9.71. The summed E-state index contributed by atoms with van der Waals surface area (Å²) in [4.78, 5) is 29.1. The van der Waals surface area contributed by atoms with Crippen LogP contribution in [0.3, 0.4) is 0 Å². The van der Waals surface area contributed by atoms with E-state index in [9.17, 15) is 14.0 Å². The lowest BCUT2D eigenvalue weighted by Gasteiger charge is -2.49. The lowest BCUT2D eigenvalue weighted by Crippen LogP contribution is -2.55. The van der Waals surface area contributed by atoms with Crippen molar-refractivity contribution in [2.24, 2.45) is 5.92 Å². The standard InChI is InChI=1S/C36H48ClFN2O4S/c1-11-13-27(45-10)17-24-18-29(32(41)39-21-24)31(25(12-2)19-35(7,8)37)36(9)20-30(28-15-14-26(38)16-23(28)3)40(22-43-36)33(42)44-34(4,5)6/h12-19,30-31H,2,11,20-22H2,1,3-10H3,(H,39,41)/b24-17-,25-19?,27-13?. The molecular weight excluding hydrogens is 611 g/mol. The van der Waals surface area contributed by atoms with E-state index in [1.165, 1.54) is 17.0 Å².